The molecule has 2 unspecified atom stereocenters. The van der Waals surface area contributed by atoms with Crippen LogP contribution in [-0.4, -0.2) is 21.8 Å². The Kier molecular flexibility index (Phi) is 2.93. The Morgan fingerprint density at radius 3 is 2.23 bits per heavy atom. The summed E-state index contributed by atoms with van der Waals surface area (Å²) in [6, 6.07) is 6.37. The van der Waals surface area contributed by atoms with E-state index >= 15 is 0 Å². The van der Waals surface area contributed by atoms with Crippen LogP contribution in [0.3, 0.4) is 0 Å². The topological polar surface area (TPSA) is 57.5 Å². The molecule has 0 radical (unpaired) electrons. The molecular formula is C18H21FO3. The molecule has 22 heavy (non-hydrogen) atoms. The molecule has 0 heterocycles. The van der Waals surface area contributed by atoms with Gasteiger partial charge in [0.2, 0.25) is 0 Å². The fourth-order valence-electron chi connectivity index (χ4n) is 5.93. The zero-order chi connectivity index (χ0) is 15.5. The first-order valence-corrected chi connectivity index (χ1v) is 8.11. The molecule has 4 aliphatic rings. The summed E-state index contributed by atoms with van der Waals surface area (Å²) in [6.07, 6.45) is 4.30. The van der Waals surface area contributed by atoms with E-state index in [4.69, 9.17) is 0 Å². The van der Waals surface area contributed by atoms with E-state index in [1.807, 2.05) is 0 Å². The van der Waals surface area contributed by atoms with Crippen LogP contribution in [0.4, 0.5) is 4.39 Å². The number of carbonyl (C=O) groups is 1. The van der Waals surface area contributed by atoms with Gasteiger partial charge in [-0.3, -0.25) is 4.79 Å². The number of aliphatic carboxylic acids is 1. The first kappa shape index (κ1) is 14.2. The van der Waals surface area contributed by atoms with E-state index in [0.29, 0.717) is 18.8 Å². The minimum Gasteiger partial charge on any atom is -0.481 e. The van der Waals surface area contributed by atoms with Gasteiger partial charge in [0.15, 0.2) is 0 Å². The van der Waals surface area contributed by atoms with Crippen LogP contribution in [0.5, 0.6) is 0 Å². The summed E-state index contributed by atoms with van der Waals surface area (Å²) < 4.78 is 13.3. The van der Waals surface area contributed by atoms with E-state index in [1.165, 1.54) is 12.1 Å². The summed E-state index contributed by atoms with van der Waals surface area (Å²) in [5, 5.41) is 20.3. The van der Waals surface area contributed by atoms with Crippen LogP contribution in [0, 0.1) is 23.6 Å². The summed E-state index contributed by atoms with van der Waals surface area (Å²) in [4.78, 5) is 11.6. The number of benzene rings is 1. The average molecular weight is 304 g/mol. The fraction of sp³-hybridized carbons (Fsp3) is 0.611. The molecule has 3 nitrogen and oxygen atoms in total. The van der Waals surface area contributed by atoms with E-state index in [-0.39, 0.29) is 24.1 Å². The summed E-state index contributed by atoms with van der Waals surface area (Å²) in [5.74, 6) is -0.207. The van der Waals surface area contributed by atoms with Crippen LogP contribution < -0.4 is 0 Å². The van der Waals surface area contributed by atoms with E-state index in [9.17, 15) is 19.4 Å². The van der Waals surface area contributed by atoms with Gasteiger partial charge in [-0.05, 0) is 67.6 Å². The maximum atomic E-state index is 13.3. The Hall–Kier alpha value is -1.42. The molecule has 0 spiro atoms. The van der Waals surface area contributed by atoms with Crippen LogP contribution in [0.15, 0.2) is 24.3 Å². The molecule has 0 amide bonds. The normalized spacial score (nSPS) is 42.5. The molecule has 0 aliphatic heterocycles. The number of rotatable bonds is 3. The van der Waals surface area contributed by atoms with Crippen molar-refractivity contribution in [3.63, 3.8) is 0 Å². The Bertz CT molecular complexity index is 593. The number of carboxylic acid groups (broad SMARTS) is 1. The molecule has 5 rings (SSSR count). The molecule has 0 saturated heterocycles. The van der Waals surface area contributed by atoms with Crippen molar-refractivity contribution < 1.29 is 19.4 Å². The van der Waals surface area contributed by atoms with Gasteiger partial charge in [-0.15, -0.1) is 0 Å². The molecule has 0 aromatic heterocycles. The number of hydrogen-bond donors (Lipinski definition) is 2. The lowest BCUT2D eigenvalue weighted by Gasteiger charge is -2.64. The zero-order valence-corrected chi connectivity index (χ0v) is 12.5. The van der Waals surface area contributed by atoms with Crippen LogP contribution >= 0.6 is 0 Å². The highest BCUT2D eigenvalue weighted by Crippen LogP contribution is 2.65. The zero-order valence-electron chi connectivity index (χ0n) is 12.5. The molecule has 1 aromatic rings. The van der Waals surface area contributed by atoms with E-state index in [2.05, 4.69) is 0 Å². The second-order valence-corrected chi connectivity index (χ2v) is 7.69. The fourth-order valence-corrected chi connectivity index (χ4v) is 5.93. The highest BCUT2D eigenvalue weighted by atomic mass is 19.1. The molecule has 4 fully saturated rings. The van der Waals surface area contributed by atoms with Gasteiger partial charge >= 0.3 is 5.97 Å². The van der Waals surface area contributed by atoms with E-state index < -0.39 is 17.0 Å². The van der Waals surface area contributed by atoms with Crippen molar-refractivity contribution in [1.82, 2.24) is 0 Å². The van der Waals surface area contributed by atoms with Crippen molar-refractivity contribution in [3.05, 3.63) is 35.6 Å². The Morgan fingerprint density at radius 1 is 1.14 bits per heavy atom. The molecule has 2 N–H and O–H groups in total. The van der Waals surface area contributed by atoms with Gasteiger partial charge < -0.3 is 10.2 Å². The van der Waals surface area contributed by atoms with Crippen molar-refractivity contribution in [2.75, 3.05) is 0 Å². The van der Waals surface area contributed by atoms with Gasteiger partial charge in [0.25, 0.3) is 0 Å². The van der Waals surface area contributed by atoms with E-state index in [0.717, 1.165) is 24.8 Å². The maximum absolute atomic E-state index is 13.3. The monoisotopic (exact) mass is 304 g/mol. The molecule has 2 atom stereocenters. The van der Waals surface area contributed by atoms with Crippen molar-refractivity contribution in [2.45, 2.75) is 49.5 Å². The highest BCUT2D eigenvalue weighted by Gasteiger charge is 2.62. The lowest BCUT2D eigenvalue weighted by molar-refractivity contribution is -0.173. The van der Waals surface area contributed by atoms with Gasteiger partial charge in [-0.25, -0.2) is 4.39 Å². The predicted octanol–water partition coefficient (Wildman–Crippen LogP) is 3.11. The van der Waals surface area contributed by atoms with E-state index in [1.54, 1.807) is 12.1 Å². The summed E-state index contributed by atoms with van der Waals surface area (Å²) in [5.41, 5.74) is -0.102. The molecule has 4 heteroatoms. The molecular weight excluding hydrogens is 283 g/mol. The third-order valence-electron chi connectivity index (χ3n) is 6.44. The van der Waals surface area contributed by atoms with Crippen molar-refractivity contribution in [3.8, 4) is 0 Å². The van der Waals surface area contributed by atoms with Gasteiger partial charge in [-0.1, -0.05) is 12.1 Å². The van der Waals surface area contributed by atoms with Crippen molar-refractivity contribution in [2.24, 2.45) is 17.8 Å². The largest absolute Gasteiger partial charge is 0.481 e. The highest BCUT2D eigenvalue weighted by molar-refractivity contribution is 5.69. The van der Waals surface area contributed by atoms with Crippen molar-refractivity contribution in [1.29, 1.82) is 0 Å². The van der Waals surface area contributed by atoms with Crippen molar-refractivity contribution >= 4 is 5.97 Å². The second-order valence-electron chi connectivity index (χ2n) is 7.69. The number of carboxylic acids is 1. The van der Waals surface area contributed by atoms with Crippen LogP contribution in [0.25, 0.3) is 0 Å². The number of halogens is 1. The van der Waals surface area contributed by atoms with Gasteiger partial charge in [0.05, 0.1) is 12.0 Å². The van der Waals surface area contributed by atoms with Crippen LogP contribution in [0.1, 0.15) is 44.1 Å². The molecule has 1 aromatic carbocycles. The van der Waals surface area contributed by atoms with Gasteiger partial charge in [0.1, 0.15) is 5.82 Å². The first-order chi connectivity index (χ1) is 10.4. The van der Waals surface area contributed by atoms with Gasteiger partial charge in [0, 0.05) is 5.41 Å². The smallest absolute Gasteiger partial charge is 0.304 e. The quantitative estimate of drug-likeness (QED) is 0.902. The SMILES string of the molecule is O=C(O)C[C@]1(c2ccc(F)cc2)C2CC3CC1C[C@@](O)(C3)C2. The summed E-state index contributed by atoms with van der Waals surface area (Å²) >= 11 is 0. The molecule has 4 saturated carbocycles. The molecule has 4 bridgehead atoms. The first-order valence-electron chi connectivity index (χ1n) is 8.11. The molecule has 118 valence electrons. The predicted molar refractivity (Wildman–Crippen MR) is 78.8 cm³/mol. The maximum Gasteiger partial charge on any atom is 0.304 e. The average Bonchev–Trinajstić information content (AvgIpc) is 2.42. The minimum atomic E-state index is -0.802. The second kappa shape index (κ2) is 4.54. The third kappa shape index (κ3) is 1.93. The Morgan fingerprint density at radius 2 is 1.73 bits per heavy atom. The standard InChI is InChI=1S/C18H21FO3/c19-15-3-1-12(2-4-15)18(10-16(20)21)13-5-11-6-14(18)9-17(22,7-11)8-13/h1-4,11,13-14,22H,5-10H2,(H,20,21)/t11?,13?,14?,17-,18+. The Balaban J connectivity index is 1.82. The minimum absolute atomic E-state index is 0.0801. The Labute approximate surface area is 129 Å². The van der Waals surface area contributed by atoms with Crippen LogP contribution in [-0.2, 0) is 10.2 Å². The molecule has 4 aliphatic carbocycles. The lowest BCUT2D eigenvalue weighted by atomic mass is 9.42. The van der Waals surface area contributed by atoms with Gasteiger partial charge in [-0.2, -0.15) is 0 Å². The third-order valence-corrected chi connectivity index (χ3v) is 6.44. The lowest BCUT2D eigenvalue weighted by Crippen LogP contribution is -2.62. The number of aliphatic hydroxyl groups is 1. The summed E-state index contributed by atoms with van der Waals surface area (Å²) in [6.45, 7) is 0. The summed E-state index contributed by atoms with van der Waals surface area (Å²) in [7, 11) is 0. The number of hydrogen-bond acceptors (Lipinski definition) is 2. The van der Waals surface area contributed by atoms with Crippen LogP contribution in [0.2, 0.25) is 0 Å².